The summed E-state index contributed by atoms with van der Waals surface area (Å²) in [6.45, 7) is 2.08. The SMILES string of the molecule is COc1cc(C2=C(c3ccc(O)cc3)CN3CCCC3C2)ccc1O. The normalized spacial score (nSPS) is 20.6. The highest BCUT2D eigenvalue weighted by atomic mass is 16.5. The molecule has 0 aliphatic carbocycles. The van der Waals surface area contributed by atoms with Crippen molar-refractivity contribution < 1.29 is 14.9 Å². The number of nitrogens with zero attached hydrogens (tertiary/aromatic N) is 1. The Morgan fingerprint density at radius 2 is 1.76 bits per heavy atom. The van der Waals surface area contributed by atoms with Crippen molar-refractivity contribution in [3.63, 3.8) is 0 Å². The first kappa shape index (κ1) is 16.0. The second kappa shape index (κ2) is 6.45. The standard InChI is InChI=1S/C21H23NO3/c1-25-21-11-15(6-9-20(21)24)18-12-16-3-2-10-22(16)13-19(18)14-4-7-17(23)8-5-14/h4-9,11,16,23-24H,2-3,10,12-13H2,1H3. The molecule has 0 spiro atoms. The maximum Gasteiger partial charge on any atom is 0.161 e. The molecule has 2 N–H and O–H groups in total. The molecule has 1 fully saturated rings. The van der Waals surface area contributed by atoms with E-state index < -0.39 is 0 Å². The van der Waals surface area contributed by atoms with E-state index in [1.54, 1.807) is 25.3 Å². The first-order valence-electron chi connectivity index (χ1n) is 8.78. The largest absolute Gasteiger partial charge is 0.508 e. The van der Waals surface area contributed by atoms with E-state index in [9.17, 15) is 10.2 Å². The van der Waals surface area contributed by atoms with Gasteiger partial charge in [0.05, 0.1) is 7.11 Å². The molecule has 2 heterocycles. The van der Waals surface area contributed by atoms with Crippen LogP contribution in [0.25, 0.3) is 11.1 Å². The van der Waals surface area contributed by atoms with Crippen molar-refractivity contribution in [3.05, 3.63) is 53.6 Å². The van der Waals surface area contributed by atoms with E-state index in [-0.39, 0.29) is 11.5 Å². The lowest BCUT2D eigenvalue weighted by atomic mass is 9.86. The predicted molar refractivity (Wildman–Crippen MR) is 98.8 cm³/mol. The van der Waals surface area contributed by atoms with Crippen LogP contribution in [0.15, 0.2) is 42.5 Å². The van der Waals surface area contributed by atoms with Crippen LogP contribution >= 0.6 is 0 Å². The van der Waals surface area contributed by atoms with Crippen LogP contribution in [0.2, 0.25) is 0 Å². The number of benzene rings is 2. The van der Waals surface area contributed by atoms with Gasteiger partial charge in [0.15, 0.2) is 11.5 Å². The molecular formula is C21H23NO3. The number of hydrogen-bond acceptors (Lipinski definition) is 4. The molecule has 2 aliphatic rings. The lowest BCUT2D eigenvalue weighted by Gasteiger charge is -2.34. The van der Waals surface area contributed by atoms with Crippen LogP contribution in [0, 0.1) is 0 Å². The summed E-state index contributed by atoms with van der Waals surface area (Å²) in [5, 5.41) is 19.5. The molecule has 0 bridgehead atoms. The molecule has 130 valence electrons. The lowest BCUT2D eigenvalue weighted by molar-refractivity contribution is 0.281. The van der Waals surface area contributed by atoms with Gasteiger partial charge in [-0.15, -0.1) is 0 Å². The van der Waals surface area contributed by atoms with E-state index in [2.05, 4.69) is 4.90 Å². The highest BCUT2D eigenvalue weighted by Crippen LogP contribution is 2.41. The molecule has 1 atom stereocenters. The summed E-state index contributed by atoms with van der Waals surface area (Å²) in [5.41, 5.74) is 4.85. The second-order valence-electron chi connectivity index (χ2n) is 6.86. The molecule has 4 heteroatoms. The van der Waals surface area contributed by atoms with Gasteiger partial charge >= 0.3 is 0 Å². The molecule has 0 aromatic heterocycles. The quantitative estimate of drug-likeness (QED) is 0.892. The highest BCUT2D eigenvalue weighted by Gasteiger charge is 2.32. The number of aromatic hydroxyl groups is 2. The minimum absolute atomic E-state index is 0.163. The third-order valence-corrected chi connectivity index (χ3v) is 5.41. The molecule has 2 aromatic carbocycles. The molecule has 1 saturated heterocycles. The van der Waals surface area contributed by atoms with E-state index in [4.69, 9.17) is 4.74 Å². The van der Waals surface area contributed by atoms with E-state index in [1.807, 2.05) is 24.3 Å². The molecule has 4 nitrogen and oxygen atoms in total. The Labute approximate surface area is 148 Å². The van der Waals surface area contributed by atoms with Gasteiger partial charge in [0.25, 0.3) is 0 Å². The van der Waals surface area contributed by atoms with Crippen molar-refractivity contribution in [2.24, 2.45) is 0 Å². The number of hydrogen-bond donors (Lipinski definition) is 2. The molecule has 1 unspecified atom stereocenters. The van der Waals surface area contributed by atoms with Crippen LogP contribution in [0.1, 0.15) is 30.4 Å². The number of fused-ring (bicyclic) bond motifs is 1. The summed E-state index contributed by atoms with van der Waals surface area (Å²) < 4.78 is 5.30. The first-order chi connectivity index (χ1) is 12.2. The zero-order valence-corrected chi connectivity index (χ0v) is 14.4. The van der Waals surface area contributed by atoms with Crippen molar-refractivity contribution in [1.82, 2.24) is 4.90 Å². The Kier molecular flexibility index (Phi) is 4.14. The number of phenolic OH excluding ortho intramolecular Hbond substituents is 2. The van der Waals surface area contributed by atoms with Gasteiger partial charge in [-0.05, 0) is 72.3 Å². The topological polar surface area (TPSA) is 52.9 Å². The van der Waals surface area contributed by atoms with Gasteiger partial charge in [0.2, 0.25) is 0 Å². The number of ether oxygens (including phenoxy) is 1. The Balaban J connectivity index is 1.83. The highest BCUT2D eigenvalue weighted by molar-refractivity contribution is 5.93. The molecule has 0 amide bonds. The first-order valence-corrected chi connectivity index (χ1v) is 8.78. The fourth-order valence-electron chi connectivity index (χ4n) is 4.08. The summed E-state index contributed by atoms with van der Waals surface area (Å²) >= 11 is 0. The van der Waals surface area contributed by atoms with Gasteiger partial charge in [-0.1, -0.05) is 18.2 Å². The number of phenols is 2. The minimum atomic E-state index is 0.163. The van der Waals surface area contributed by atoms with Gasteiger partial charge < -0.3 is 14.9 Å². The van der Waals surface area contributed by atoms with E-state index in [0.29, 0.717) is 11.8 Å². The Bertz CT molecular complexity index is 810. The average Bonchev–Trinajstić information content (AvgIpc) is 3.09. The van der Waals surface area contributed by atoms with Crippen LogP contribution in [0.5, 0.6) is 17.2 Å². The van der Waals surface area contributed by atoms with Gasteiger partial charge in [-0.2, -0.15) is 0 Å². The number of rotatable bonds is 3. The fourth-order valence-corrected chi connectivity index (χ4v) is 4.08. The smallest absolute Gasteiger partial charge is 0.161 e. The van der Waals surface area contributed by atoms with Gasteiger partial charge in [0.1, 0.15) is 5.75 Å². The van der Waals surface area contributed by atoms with Crippen LogP contribution in [0.4, 0.5) is 0 Å². The van der Waals surface area contributed by atoms with E-state index in [1.165, 1.54) is 24.0 Å². The van der Waals surface area contributed by atoms with Gasteiger partial charge in [-0.3, -0.25) is 4.90 Å². The molecule has 0 radical (unpaired) electrons. The summed E-state index contributed by atoms with van der Waals surface area (Å²) in [4.78, 5) is 2.56. The van der Waals surface area contributed by atoms with E-state index >= 15 is 0 Å². The molecule has 0 saturated carbocycles. The maximum atomic E-state index is 9.92. The van der Waals surface area contributed by atoms with Gasteiger partial charge in [-0.25, -0.2) is 0 Å². The maximum absolute atomic E-state index is 9.92. The van der Waals surface area contributed by atoms with Crippen LogP contribution in [-0.2, 0) is 0 Å². The summed E-state index contributed by atoms with van der Waals surface area (Å²) in [5.74, 6) is 0.951. The molecule has 2 aromatic rings. The Hall–Kier alpha value is -2.46. The van der Waals surface area contributed by atoms with Crippen molar-refractivity contribution in [2.75, 3.05) is 20.2 Å². The third-order valence-electron chi connectivity index (χ3n) is 5.41. The number of methoxy groups -OCH3 is 1. The summed E-state index contributed by atoms with van der Waals surface area (Å²) in [7, 11) is 1.58. The molecule has 4 rings (SSSR count). The molecule has 25 heavy (non-hydrogen) atoms. The average molecular weight is 337 g/mol. The monoisotopic (exact) mass is 337 g/mol. The van der Waals surface area contributed by atoms with Crippen molar-refractivity contribution in [2.45, 2.75) is 25.3 Å². The van der Waals surface area contributed by atoms with Crippen molar-refractivity contribution in [1.29, 1.82) is 0 Å². The van der Waals surface area contributed by atoms with Crippen molar-refractivity contribution in [3.8, 4) is 17.2 Å². The van der Waals surface area contributed by atoms with Crippen molar-refractivity contribution >= 4 is 11.1 Å². The summed E-state index contributed by atoms with van der Waals surface area (Å²) in [6.07, 6.45) is 3.49. The van der Waals surface area contributed by atoms with E-state index in [0.717, 1.165) is 30.6 Å². The van der Waals surface area contributed by atoms with Crippen LogP contribution < -0.4 is 4.74 Å². The zero-order chi connectivity index (χ0) is 17.4. The second-order valence-corrected chi connectivity index (χ2v) is 6.86. The van der Waals surface area contributed by atoms with Crippen LogP contribution in [0.3, 0.4) is 0 Å². The Morgan fingerprint density at radius 1 is 1.00 bits per heavy atom. The van der Waals surface area contributed by atoms with Gasteiger partial charge in [0, 0.05) is 12.6 Å². The van der Waals surface area contributed by atoms with Crippen LogP contribution in [-0.4, -0.2) is 41.4 Å². The summed E-state index contributed by atoms with van der Waals surface area (Å²) in [6, 6.07) is 13.7. The predicted octanol–water partition coefficient (Wildman–Crippen LogP) is 3.89. The fraction of sp³-hybridized carbons (Fsp3) is 0.333. The molecular weight excluding hydrogens is 314 g/mol. The lowest BCUT2D eigenvalue weighted by Crippen LogP contribution is -2.35. The minimum Gasteiger partial charge on any atom is -0.508 e. The Morgan fingerprint density at radius 3 is 2.52 bits per heavy atom. The zero-order valence-electron chi connectivity index (χ0n) is 14.4. The third kappa shape index (κ3) is 2.98. The molecule has 2 aliphatic heterocycles.